The topological polar surface area (TPSA) is 54.6 Å². The Bertz CT molecular complexity index is 913. The monoisotopic (exact) mass is 412 g/mol. The van der Waals surface area contributed by atoms with E-state index in [0.29, 0.717) is 6.04 Å². The molecule has 3 heterocycles. The van der Waals surface area contributed by atoms with Crippen LogP contribution in [0.15, 0.2) is 40.2 Å². The molecule has 0 bridgehead atoms. The van der Waals surface area contributed by atoms with Crippen LogP contribution in [0.2, 0.25) is 0 Å². The van der Waals surface area contributed by atoms with Gasteiger partial charge in [-0.25, -0.2) is 4.98 Å². The number of aryl methyl sites for hydroxylation is 1. The number of likely N-dealkylation sites (tertiary alicyclic amines) is 1. The Kier molecular flexibility index (Phi) is 6.28. The molecule has 1 fully saturated rings. The quantitative estimate of drug-likeness (QED) is 0.579. The first-order valence-corrected chi connectivity index (χ1v) is 10.9. The van der Waals surface area contributed by atoms with Gasteiger partial charge in [0.05, 0.1) is 25.0 Å². The van der Waals surface area contributed by atoms with Gasteiger partial charge in [0, 0.05) is 42.7 Å². The zero-order valence-corrected chi connectivity index (χ0v) is 18.1. The molecule has 0 amide bonds. The van der Waals surface area contributed by atoms with Gasteiger partial charge in [-0.3, -0.25) is 9.80 Å². The van der Waals surface area contributed by atoms with Crippen LogP contribution in [0.5, 0.6) is 5.75 Å². The molecule has 29 heavy (non-hydrogen) atoms. The van der Waals surface area contributed by atoms with Gasteiger partial charge in [-0.2, -0.15) is 0 Å². The Hall–Kier alpha value is -2.22. The molecule has 4 rings (SSSR count). The lowest BCUT2D eigenvalue weighted by molar-refractivity contribution is 0.112. The second-order valence-corrected chi connectivity index (χ2v) is 8.59. The zero-order chi connectivity index (χ0) is 20.2. The lowest BCUT2D eigenvalue weighted by Crippen LogP contribution is -2.42. The van der Waals surface area contributed by atoms with Crippen LogP contribution in [0.4, 0.5) is 0 Å². The van der Waals surface area contributed by atoms with Crippen molar-refractivity contribution in [2.45, 2.75) is 38.9 Å². The van der Waals surface area contributed by atoms with Crippen LogP contribution in [-0.2, 0) is 13.1 Å². The van der Waals surface area contributed by atoms with Crippen LogP contribution in [-0.4, -0.2) is 53.2 Å². The molecule has 0 radical (unpaired) electrons. The molecule has 7 heteroatoms. The summed E-state index contributed by atoms with van der Waals surface area (Å²) in [6.45, 7) is 5.88. The van der Waals surface area contributed by atoms with E-state index < -0.39 is 0 Å². The third-order valence-electron chi connectivity index (χ3n) is 5.54. The second-order valence-electron chi connectivity index (χ2n) is 7.73. The highest BCUT2D eigenvalue weighted by molar-refractivity contribution is 7.13. The fraction of sp³-hybridized carbons (Fsp3) is 0.455. The summed E-state index contributed by atoms with van der Waals surface area (Å²) in [6, 6.07) is 10.7. The summed E-state index contributed by atoms with van der Waals surface area (Å²) in [5.74, 6) is 1.83. The Morgan fingerprint density at radius 3 is 2.66 bits per heavy atom. The van der Waals surface area contributed by atoms with E-state index in [1.807, 2.05) is 25.1 Å². The van der Waals surface area contributed by atoms with Crippen molar-refractivity contribution in [1.82, 2.24) is 19.9 Å². The average Bonchev–Trinajstić information content (AvgIpc) is 3.37. The number of nitrogens with zero attached hydrogens (tertiary/aromatic N) is 4. The maximum absolute atomic E-state index is 5.36. The van der Waals surface area contributed by atoms with Crippen LogP contribution >= 0.6 is 11.3 Å². The molecular weight excluding hydrogens is 384 g/mol. The minimum absolute atomic E-state index is 0.592. The molecule has 0 saturated carbocycles. The van der Waals surface area contributed by atoms with Gasteiger partial charge in [-0.05, 0) is 51.1 Å². The number of hydrogen-bond donors (Lipinski definition) is 0. The van der Waals surface area contributed by atoms with Crippen molar-refractivity contribution >= 4 is 11.3 Å². The van der Waals surface area contributed by atoms with E-state index >= 15 is 0 Å². The molecule has 2 aromatic heterocycles. The molecular formula is C22H28N4O2S. The maximum Gasteiger partial charge on any atom is 0.150 e. The molecule has 0 atom stereocenters. The van der Waals surface area contributed by atoms with Gasteiger partial charge in [0.25, 0.3) is 0 Å². The molecule has 1 aromatic carbocycles. The van der Waals surface area contributed by atoms with E-state index in [2.05, 4.69) is 39.5 Å². The van der Waals surface area contributed by atoms with Crippen LogP contribution < -0.4 is 4.74 Å². The van der Waals surface area contributed by atoms with Gasteiger partial charge in [-0.1, -0.05) is 5.16 Å². The van der Waals surface area contributed by atoms with E-state index in [1.165, 1.54) is 12.8 Å². The Morgan fingerprint density at radius 2 is 2.00 bits per heavy atom. The Balaban J connectivity index is 1.28. The second kappa shape index (κ2) is 9.07. The first kappa shape index (κ1) is 20.1. The van der Waals surface area contributed by atoms with Crippen molar-refractivity contribution in [3.8, 4) is 16.3 Å². The van der Waals surface area contributed by atoms with Crippen molar-refractivity contribution in [2.24, 2.45) is 0 Å². The van der Waals surface area contributed by atoms with Gasteiger partial charge < -0.3 is 9.26 Å². The highest BCUT2D eigenvalue weighted by Gasteiger charge is 2.23. The molecule has 0 spiro atoms. The Morgan fingerprint density at radius 1 is 1.24 bits per heavy atom. The fourth-order valence-corrected chi connectivity index (χ4v) is 4.68. The smallest absolute Gasteiger partial charge is 0.150 e. The standard InChI is InChI=1S/C22H28N4O2S/c1-16-12-21(28-24-16)14-26-10-8-19(9-11-26)25(2)13-18-15-29-22(23-18)17-4-6-20(27-3)7-5-17/h4-7,12,15,19H,8-11,13-14H2,1-3H3. The molecule has 3 aromatic rings. The lowest BCUT2D eigenvalue weighted by Gasteiger charge is -2.36. The van der Waals surface area contributed by atoms with Crippen molar-refractivity contribution in [3.05, 3.63) is 52.9 Å². The van der Waals surface area contributed by atoms with Crippen LogP contribution in [0, 0.1) is 6.92 Å². The number of benzene rings is 1. The number of thiazole rings is 1. The lowest BCUT2D eigenvalue weighted by atomic mass is 10.0. The minimum Gasteiger partial charge on any atom is -0.497 e. The van der Waals surface area contributed by atoms with Gasteiger partial charge in [0.1, 0.15) is 10.8 Å². The largest absolute Gasteiger partial charge is 0.497 e. The highest BCUT2D eigenvalue weighted by atomic mass is 32.1. The predicted octanol–water partition coefficient (Wildman–Crippen LogP) is 4.21. The molecule has 154 valence electrons. The highest BCUT2D eigenvalue weighted by Crippen LogP contribution is 2.27. The third kappa shape index (κ3) is 5.04. The Labute approximate surface area is 176 Å². The summed E-state index contributed by atoms with van der Waals surface area (Å²) < 4.78 is 10.6. The third-order valence-corrected chi connectivity index (χ3v) is 6.48. The van der Waals surface area contributed by atoms with Gasteiger partial charge in [-0.15, -0.1) is 11.3 Å². The van der Waals surface area contributed by atoms with E-state index in [0.717, 1.165) is 59.6 Å². The van der Waals surface area contributed by atoms with Crippen molar-refractivity contribution in [3.63, 3.8) is 0 Å². The van der Waals surface area contributed by atoms with Crippen molar-refractivity contribution < 1.29 is 9.26 Å². The normalized spacial score (nSPS) is 15.9. The summed E-state index contributed by atoms with van der Waals surface area (Å²) in [6.07, 6.45) is 2.33. The summed E-state index contributed by atoms with van der Waals surface area (Å²) in [4.78, 5) is 9.75. The number of ether oxygens (including phenoxy) is 1. The molecule has 0 aliphatic carbocycles. The number of piperidine rings is 1. The van der Waals surface area contributed by atoms with E-state index in [4.69, 9.17) is 14.2 Å². The molecule has 1 aliphatic rings. The van der Waals surface area contributed by atoms with Crippen molar-refractivity contribution in [2.75, 3.05) is 27.2 Å². The van der Waals surface area contributed by atoms with Crippen LogP contribution in [0.1, 0.15) is 30.0 Å². The summed E-state index contributed by atoms with van der Waals surface area (Å²) >= 11 is 1.71. The molecule has 6 nitrogen and oxygen atoms in total. The number of aromatic nitrogens is 2. The summed E-state index contributed by atoms with van der Waals surface area (Å²) in [7, 11) is 3.90. The number of hydrogen-bond acceptors (Lipinski definition) is 7. The molecule has 0 unspecified atom stereocenters. The van der Waals surface area contributed by atoms with E-state index in [-0.39, 0.29) is 0 Å². The van der Waals surface area contributed by atoms with E-state index in [9.17, 15) is 0 Å². The number of rotatable bonds is 7. The predicted molar refractivity (Wildman–Crippen MR) is 115 cm³/mol. The summed E-state index contributed by atoms with van der Waals surface area (Å²) in [5.41, 5.74) is 3.23. The van der Waals surface area contributed by atoms with Crippen LogP contribution in [0.3, 0.4) is 0 Å². The first-order valence-electron chi connectivity index (χ1n) is 10.0. The fourth-order valence-electron chi connectivity index (χ4n) is 3.86. The van der Waals surface area contributed by atoms with E-state index in [1.54, 1.807) is 18.4 Å². The number of methoxy groups -OCH3 is 1. The maximum atomic E-state index is 5.36. The van der Waals surface area contributed by atoms with Gasteiger partial charge in [0.2, 0.25) is 0 Å². The minimum atomic E-state index is 0.592. The molecule has 1 aliphatic heterocycles. The average molecular weight is 413 g/mol. The molecule has 0 N–H and O–H groups in total. The zero-order valence-electron chi connectivity index (χ0n) is 17.3. The first-order chi connectivity index (χ1) is 14.1. The summed E-state index contributed by atoms with van der Waals surface area (Å²) in [5, 5.41) is 7.22. The van der Waals surface area contributed by atoms with Crippen LogP contribution in [0.25, 0.3) is 10.6 Å². The van der Waals surface area contributed by atoms with Crippen molar-refractivity contribution in [1.29, 1.82) is 0 Å². The molecule has 1 saturated heterocycles. The van der Waals surface area contributed by atoms with Gasteiger partial charge in [0.15, 0.2) is 5.76 Å². The SMILES string of the molecule is COc1ccc(-c2nc(CN(C)C3CCN(Cc4cc(C)no4)CC3)cs2)cc1. The van der Waals surface area contributed by atoms with Gasteiger partial charge >= 0.3 is 0 Å².